The fourth-order valence-corrected chi connectivity index (χ4v) is 3.17. The molecule has 0 saturated carbocycles. The number of fused-ring (bicyclic) bond motifs is 1. The van der Waals surface area contributed by atoms with E-state index in [1.54, 1.807) is 0 Å². The smallest absolute Gasteiger partial charge is 0.159 e. The van der Waals surface area contributed by atoms with Crippen LogP contribution in [0.1, 0.15) is 16.8 Å². The number of hydrogen-bond acceptors (Lipinski definition) is 4. The third-order valence-corrected chi connectivity index (χ3v) is 4.59. The fourth-order valence-electron chi connectivity index (χ4n) is 3.17. The molecule has 0 fully saturated rings. The summed E-state index contributed by atoms with van der Waals surface area (Å²) in [5.74, 6) is -0.383. The van der Waals surface area contributed by atoms with E-state index in [4.69, 9.17) is 5.73 Å². The maximum absolute atomic E-state index is 13.9. The van der Waals surface area contributed by atoms with Crippen molar-refractivity contribution in [2.75, 3.05) is 12.3 Å². The molecular weight excluding hydrogens is 334 g/mol. The Labute approximate surface area is 150 Å². The van der Waals surface area contributed by atoms with Crippen LogP contribution in [0.5, 0.6) is 0 Å². The average molecular weight is 352 g/mol. The lowest BCUT2D eigenvalue weighted by atomic mass is 10.1. The van der Waals surface area contributed by atoms with E-state index in [1.807, 2.05) is 30.5 Å². The summed E-state index contributed by atoms with van der Waals surface area (Å²) in [6.07, 6.45) is 2.60. The van der Waals surface area contributed by atoms with Crippen LogP contribution in [0.3, 0.4) is 0 Å². The highest BCUT2D eigenvalue weighted by molar-refractivity contribution is 5.58. The van der Waals surface area contributed by atoms with Crippen molar-refractivity contribution in [3.63, 3.8) is 0 Å². The number of anilines is 1. The monoisotopic (exact) mass is 352 g/mol. The van der Waals surface area contributed by atoms with E-state index >= 15 is 0 Å². The highest BCUT2D eigenvalue weighted by Gasteiger charge is 2.20. The van der Waals surface area contributed by atoms with Gasteiger partial charge in [0.25, 0.3) is 0 Å². The molecule has 3 aromatic rings. The predicted octanol–water partition coefficient (Wildman–Crippen LogP) is 3.56. The second-order valence-corrected chi connectivity index (χ2v) is 6.48. The Balaban J connectivity index is 1.51. The summed E-state index contributed by atoms with van der Waals surface area (Å²) >= 11 is 0. The molecule has 2 N–H and O–H groups in total. The third kappa shape index (κ3) is 3.41. The molecule has 1 aromatic heterocycles. The normalized spacial score (nSPS) is 14.2. The van der Waals surface area contributed by atoms with Crippen LogP contribution in [0.25, 0.3) is 11.4 Å². The summed E-state index contributed by atoms with van der Waals surface area (Å²) in [7, 11) is 0. The molecule has 6 heteroatoms. The molecule has 0 aliphatic carbocycles. The van der Waals surface area contributed by atoms with Gasteiger partial charge in [0.05, 0.1) is 5.69 Å². The quantitative estimate of drug-likeness (QED) is 0.733. The Morgan fingerprint density at radius 2 is 1.88 bits per heavy atom. The molecule has 4 nitrogen and oxygen atoms in total. The molecule has 0 unspecified atom stereocenters. The molecule has 2 aromatic carbocycles. The molecular formula is C20H18F2N4. The highest BCUT2D eigenvalue weighted by atomic mass is 19.1. The SMILES string of the molecule is Nc1ccc(-c2ncc3c(n2)CCN(Cc2ccc(F)cc2F)C3)cc1. The van der Waals surface area contributed by atoms with Gasteiger partial charge in [-0.05, 0) is 30.3 Å². The molecule has 0 spiro atoms. The largest absolute Gasteiger partial charge is 0.399 e. The Bertz CT molecular complexity index is 941. The van der Waals surface area contributed by atoms with Gasteiger partial charge in [-0.1, -0.05) is 6.07 Å². The van der Waals surface area contributed by atoms with Crippen LogP contribution in [0.2, 0.25) is 0 Å². The molecule has 2 heterocycles. The van der Waals surface area contributed by atoms with Gasteiger partial charge < -0.3 is 5.73 Å². The van der Waals surface area contributed by atoms with Gasteiger partial charge in [-0.15, -0.1) is 0 Å². The summed E-state index contributed by atoms with van der Waals surface area (Å²) in [6, 6.07) is 11.2. The minimum atomic E-state index is -0.557. The first kappa shape index (κ1) is 16.6. The molecule has 0 amide bonds. The Hall–Kier alpha value is -2.86. The molecule has 4 rings (SSSR count). The van der Waals surface area contributed by atoms with Crippen LogP contribution >= 0.6 is 0 Å². The molecule has 0 bridgehead atoms. The molecule has 1 aliphatic rings. The van der Waals surface area contributed by atoms with Crippen molar-refractivity contribution in [1.82, 2.24) is 14.9 Å². The second-order valence-electron chi connectivity index (χ2n) is 6.48. The molecule has 26 heavy (non-hydrogen) atoms. The summed E-state index contributed by atoms with van der Waals surface area (Å²) in [5.41, 5.74) is 9.90. The summed E-state index contributed by atoms with van der Waals surface area (Å²) in [6.45, 7) is 1.85. The molecule has 0 radical (unpaired) electrons. The number of nitrogens with zero attached hydrogens (tertiary/aromatic N) is 3. The van der Waals surface area contributed by atoms with Crippen molar-refractivity contribution in [2.24, 2.45) is 0 Å². The molecule has 0 atom stereocenters. The van der Waals surface area contributed by atoms with Crippen molar-refractivity contribution < 1.29 is 8.78 Å². The Kier molecular flexibility index (Phi) is 4.34. The fraction of sp³-hybridized carbons (Fsp3) is 0.200. The predicted molar refractivity (Wildman–Crippen MR) is 96.1 cm³/mol. The standard InChI is InChI=1S/C20H18F2N4/c21-16-4-1-14(18(22)9-16)11-26-8-7-19-15(12-26)10-24-20(25-19)13-2-5-17(23)6-3-13/h1-6,9-10H,7-8,11-12,23H2. The number of nitrogen functional groups attached to an aromatic ring is 1. The van der Waals surface area contributed by atoms with Crippen molar-refractivity contribution in [1.29, 1.82) is 0 Å². The van der Waals surface area contributed by atoms with E-state index in [0.29, 0.717) is 30.2 Å². The number of hydrogen-bond donors (Lipinski definition) is 1. The van der Waals surface area contributed by atoms with E-state index in [0.717, 1.165) is 35.9 Å². The van der Waals surface area contributed by atoms with E-state index in [1.165, 1.54) is 12.1 Å². The molecule has 0 saturated heterocycles. The zero-order valence-electron chi connectivity index (χ0n) is 14.1. The lowest BCUT2D eigenvalue weighted by Crippen LogP contribution is -2.31. The zero-order chi connectivity index (χ0) is 18.1. The van der Waals surface area contributed by atoms with Gasteiger partial charge in [-0.3, -0.25) is 4.90 Å². The first-order valence-corrected chi connectivity index (χ1v) is 8.45. The van der Waals surface area contributed by atoms with Gasteiger partial charge in [0, 0.05) is 60.7 Å². The van der Waals surface area contributed by atoms with Gasteiger partial charge in [-0.2, -0.15) is 0 Å². The second kappa shape index (κ2) is 6.80. The highest BCUT2D eigenvalue weighted by Crippen LogP contribution is 2.23. The van der Waals surface area contributed by atoms with E-state index in [-0.39, 0.29) is 0 Å². The van der Waals surface area contributed by atoms with E-state index < -0.39 is 11.6 Å². The van der Waals surface area contributed by atoms with Crippen LogP contribution in [0.4, 0.5) is 14.5 Å². The van der Waals surface area contributed by atoms with Crippen molar-refractivity contribution in [3.05, 3.63) is 77.1 Å². The number of nitrogens with two attached hydrogens (primary N) is 1. The van der Waals surface area contributed by atoms with Gasteiger partial charge in [0.1, 0.15) is 11.6 Å². The van der Waals surface area contributed by atoms with Gasteiger partial charge in [0.15, 0.2) is 5.82 Å². The van der Waals surface area contributed by atoms with Crippen LogP contribution < -0.4 is 5.73 Å². The number of aromatic nitrogens is 2. The van der Waals surface area contributed by atoms with Crippen LogP contribution in [0.15, 0.2) is 48.7 Å². The van der Waals surface area contributed by atoms with E-state index in [9.17, 15) is 8.78 Å². The maximum atomic E-state index is 13.9. The lowest BCUT2D eigenvalue weighted by Gasteiger charge is -2.28. The van der Waals surface area contributed by atoms with Crippen LogP contribution in [0, 0.1) is 11.6 Å². The first-order chi connectivity index (χ1) is 12.6. The number of rotatable bonds is 3. The maximum Gasteiger partial charge on any atom is 0.159 e. The minimum absolute atomic E-state index is 0.436. The van der Waals surface area contributed by atoms with Crippen LogP contribution in [-0.2, 0) is 19.5 Å². The van der Waals surface area contributed by atoms with Gasteiger partial charge in [-0.25, -0.2) is 18.7 Å². The minimum Gasteiger partial charge on any atom is -0.399 e. The third-order valence-electron chi connectivity index (χ3n) is 4.59. The van der Waals surface area contributed by atoms with E-state index in [2.05, 4.69) is 14.9 Å². The van der Waals surface area contributed by atoms with Gasteiger partial charge >= 0.3 is 0 Å². The van der Waals surface area contributed by atoms with Crippen molar-refractivity contribution in [3.8, 4) is 11.4 Å². The average Bonchev–Trinajstić information content (AvgIpc) is 2.64. The Morgan fingerprint density at radius 3 is 2.65 bits per heavy atom. The summed E-state index contributed by atoms with van der Waals surface area (Å²) < 4.78 is 26.9. The first-order valence-electron chi connectivity index (χ1n) is 8.45. The van der Waals surface area contributed by atoms with Crippen molar-refractivity contribution in [2.45, 2.75) is 19.5 Å². The molecule has 132 valence electrons. The number of benzene rings is 2. The zero-order valence-corrected chi connectivity index (χ0v) is 14.1. The Morgan fingerprint density at radius 1 is 1.08 bits per heavy atom. The number of halogens is 2. The summed E-state index contributed by atoms with van der Waals surface area (Å²) in [5, 5.41) is 0. The molecule has 1 aliphatic heterocycles. The topological polar surface area (TPSA) is 55.0 Å². The summed E-state index contributed by atoms with van der Waals surface area (Å²) in [4.78, 5) is 11.3. The van der Waals surface area contributed by atoms with Crippen molar-refractivity contribution >= 4 is 5.69 Å². The lowest BCUT2D eigenvalue weighted by molar-refractivity contribution is 0.239. The van der Waals surface area contributed by atoms with Crippen LogP contribution in [-0.4, -0.2) is 21.4 Å². The van der Waals surface area contributed by atoms with Gasteiger partial charge in [0.2, 0.25) is 0 Å².